The van der Waals surface area contributed by atoms with Crippen molar-refractivity contribution >= 4 is 12.6 Å². The van der Waals surface area contributed by atoms with Gasteiger partial charge >= 0.3 is 7.12 Å². The van der Waals surface area contributed by atoms with Gasteiger partial charge in [0.15, 0.2) is 11.6 Å². The summed E-state index contributed by atoms with van der Waals surface area (Å²) in [4.78, 5) is 0. The fraction of sp³-hybridized carbons (Fsp3) is 0.571. The smallest absolute Gasteiger partial charge is 0.490 e. The highest BCUT2D eigenvalue weighted by atomic mass is 19.1. The van der Waals surface area contributed by atoms with Crippen LogP contribution in [-0.4, -0.2) is 25.9 Å². The normalized spacial score (nSPS) is 21.2. The summed E-state index contributed by atoms with van der Waals surface area (Å²) >= 11 is 0. The number of fused-ring (bicyclic) bond motifs is 1. The van der Waals surface area contributed by atoms with Crippen LogP contribution >= 0.6 is 0 Å². The average Bonchev–Trinajstić information content (AvgIpc) is 2.74. The van der Waals surface area contributed by atoms with Crippen LogP contribution < -0.4 is 10.2 Å². The summed E-state index contributed by atoms with van der Waals surface area (Å²) < 4.78 is 31.0. The van der Waals surface area contributed by atoms with E-state index in [9.17, 15) is 4.39 Å². The second-order valence-corrected chi connectivity index (χ2v) is 5.85. The first kappa shape index (κ1) is 12.9. The Morgan fingerprint density at radius 1 is 1.37 bits per heavy atom. The maximum atomic E-state index is 14.1. The topological polar surface area (TPSA) is 27.7 Å². The summed E-state index contributed by atoms with van der Waals surface area (Å²) in [5.41, 5.74) is 2.45. The fourth-order valence-electron chi connectivity index (χ4n) is 2.71. The zero-order valence-corrected chi connectivity index (χ0v) is 11.6. The molecule has 0 radical (unpaired) electrons. The summed E-state index contributed by atoms with van der Waals surface area (Å²) in [7, 11) is -0.475. The first-order valence-electron chi connectivity index (χ1n) is 6.72. The SMILES string of the molecule is Cc1c(B2OCC(C)(C)O2)cc(F)c2c1CCCO2. The molecule has 1 aromatic rings. The Morgan fingerprint density at radius 2 is 2.16 bits per heavy atom. The number of rotatable bonds is 1. The van der Waals surface area contributed by atoms with E-state index in [0.717, 1.165) is 29.4 Å². The average molecular weight is 264 g/mol. The quantitative estimate of drug-likeness (QED) is 0.726. The zero-order valence-electron chi connectivity index (χ0n) is 11.6. The molecule has 2 aliphatic heterocycles. The van der Waals surface area contributed by atoms with E-state index in [2.05, 4.69) is 0 Å². The fourth-order valence-corrected chi connectivity index (χ4v) is 2.71. The van der Waals surface area contributed by atoms with Crippen LogP contribution in [-0.2, 0) is 15.7 Å². The van der Waals surface area contributed by atoms with Crippen molar-refractivity contribution in [3.63, 3.8) is 0 Å². The van der Waals surface area contributed by atoms with Gasteiger partial charge in [-0.3, -0.25) is 0 Å². The molecule has 0 amide bonds. The molecule has 0 aromatic heterocycles. The molecule has 0 N–H and O–H groups in total. The van der Waals surface area contributed by atoms with Gasteiger partial charge in [-0.2, -0.15) is 0 Å². The third-order valence-corrected chi connectivity index (χ3v) is 3.74. The highest BCUT2D eigenvalue weighted by Crippen LogP contribution is 2.31. The molecule has 19 heavy (non-hydrogen) atoms. The molecule has 1 fully saturated rings. The summed E-state index contributed by atoms with van der Waals surface area (Å²) in [5.74, 6) is 0.0944. The van der Waals surface area contributed by atoms with E-state index in [1.165, 1.54) is 6.07 Å². The molecule has 1 aromatic carbocycles. The van der Waals surface area contributed by atoms with Crippen LogP contribution in [0.3, 0.4) is 0 Å². The van der Waals surface area contributed by atoms with Crippen LogP contribution in [0.4, 0.5) is 4.39 Å². The Balaban J connectivity index is 2.01. The van der Waals surface area contributed by atoms with Crippen LogP contribution in [0, 0.1) is 12.7 Å². The minimum absolute atomic E-state index is 0.313. The van der Waals surface area contributed by atoms with Gasteiger partial charge in [0.05, 0.1) is 18.8 Å². The van der Waals surface area contributed by atoms with Crippen molar-refractivity contribution in [2.75, 3.05) is 13.2 Å². The maximum Gasteiger partial charge on any atom is 0.494 e. The van der Waals surface area contributed by atoms with Gasteiger partial charge in [-0.25, -0.2) is 4.39 Å². The molecule has 0 spiro atoms. The molecule has 5 heteroatoms. The summed E-state index contributed by atoms with van der Waals surface area (Å²) in [6, 6.07) is 1.49. The minimum atomic E-state index is -0.475. The predicted octanol–water partition coefficient (Wildman–Crippen LogP) is 1.98. The van der Waals surface area contributed by atoms with Gasteiger partial charge in [0.2, 0.25) is 0 Å². The van der Waals surface area contributed by atoms with Gasteiger partial charge in [-0.15, -0.1) is 0 Å². The third-order valence-electron chi connectivity index (χ3n) is 3.74. The van der Waals surface area contributed by atoms with Gasteiger partial charge < -0.3 is 14.0 Å². The molecule has 0 atom stereocenters. The lowest BCUT2D eigenvalue weighted by Gasteiger charge is -2.23. The molecule has 0 saturated carbocycles. The van der Waals surface area contributed by atoms with Gasteiger partial charge in [0.25, 0.3) is 0 Å². The van der Waals surface area contributed by atoms with Crippen molar-refractivity contribution in [3.8, 4) is 5.75 Å². The van der Waals surface area contributed by atoms with Crippen LogP contribution in [0.1, 0.15) is 31.4 Å². The van der Waals surface area contributed by atoms with Crippen molar-refractivity contribution in [1.29, 1.82) is 0 Å². The van der Waals surface area contributed by atoms with Gasteiger partial charge in [0.1, 0.15) is 0 Å². The van der Waals surface area contributed by atoms with Crippen LogP contribution in [0.15, 0.2) is 6.07 Å². The minimum Gasteiger partial charge on any atom is -0.490 e. The summed E-state index contributed by atoms with van der Waals surface area (Å²) in [6.07, 6.45) is 1.77. The van der Waals surface area contributed by atoms with Gasteiger partial charge in [0, 0.05) is 0 Å². The zero-order chi connectivity index (χ0) is 13.6. The molecule has 102 valence electrons. The molecule has 2 heterocycles. The standard InChI is InChI=1S/C14H18BFO3/c1-9-10-5-4-6-17-13(10)12(16)7-11(9)15-18-8-14(2,3)19-15/h7H,4-6,8H2,1-3H3. The number of hydrogen-bond acceptors (Lipinski definition) is 3. The van der Waals surface area contributed by atoms with Crippen molar-refractivity contribution in [1.82, 2.24) is 0 Å². The number of benzene rings is 1. The van der Waals surface area contributed by atoms with E-state index in [1.807, 2.05) is 20.8 Å². The maximum absolute atomic E-state index is 14.1. The second kappa shape index (κ2) is 4.49. The molecule has 3 nitrogen and oxygen atoms in total. The molecular formula is C14H18BFO3. The molecule has 0 aliphatic carbocycles. The highest BCUT2D eigenvalue weighted by Gasteiger charge is 2.40. The van der Waals surface area contributed by atoms with Crippen molar-refractivity contribution in [2.45, 2.75) is 39.2 Å². The Morgan fingerprint density at radius 3 is 2.84 bits per heavy atom. The van der Waals surface area contributed by atoms with E-state index in [4.69, 9.17) is 14.0 Å². The predicted molar refractivity (Wildman–Crippen MR) is 71.5 cm³/mol. The largest absolute Gasteiger partial charge is 0.494 e. The Labute approximate surface area is 113 Å². The van der Waals surface area contributed by atoms with Crippen LogP contribution in [0.2, 0.25) is 0 Å². The summed E-state index contributed by atoms with van der Waals surface area (Å²) in [6.45, 7) is 7.04. The van der Waals surface area contributed by atoms with E-state index >= 15 is 0 Å². The first-order chi connectivity index (χ1) is 8.98. The first-order valence-corrected chi connectivity index (χ1v) is 6.72. The summed E-state index contributed by atoms with van der Waals surface area (Å²) in [5, 5.41) is 0. The monoisotopic (exact) mass is 264 g/mol. The lowest BCUT2D eigenvalue weighted by molar-refractivity contribution is 0.137. The molecule has 0 bridgehead atoms. The molecular weight excluding hydrogens is 246 g/mol. The number of hydrogen-bond donors (Lipinski definition) is 0. The lowest BCUT2D eigenvalue weighted by atomic mass is 9.74. The highest BCUT2D eigenvalue weighted by molar-refractivity contribution is 6.62. The second-order valence-electron chi connectivity index (χ2n) is 5.85. The molecule has 0 unspecified atom stereocenters. The van der Waals surface area contributed by atoms with E-state index < -0.39 is 7.12 Å². The number of ether oxygens (including phenoxy) is 1. The van der Waals surface area contributed by atoms with Crippen LogP contribution in [0.25, 0.3) is 0 Å². The molecule has 2 aliphatic rings. The van der Waals surface area contributed by atoms with Crippen molar-refractivity contribution in [3.05, 3.63) is 23.0 Å². The lowest BCUT2D eigenvalue weighted by Crippen LogP contribution is -2.37. The van der Waals surface area contributed by atoms with Gasteiger partial charge in [-0.05, 0) is 56.3 Å². The third kappa shape index (κ3) is 2.25. The van der Waals surface area contributed by atoms with E-state index in [1.54, 1.807) is 0 Å². The Hall–Kier alpha value is -1.07. The number of halogens is 1. The van der Waals surface area contributed by atoms with Crippen molar-refractivity contribution in [2.24, 2.45) is 0 Å². The Bertz CT molecular complexity index is 516. The van der Waals surface area contributed by atoms with E-state index in [-0.39, 0.29) is 11.4 Å². The Kier molecular flexibility index (Phi) is 3.06. The van der Waals surface area contributed by atoms with E-state index in [0.29, 0.717) is 19.0 Å². The molecule has 1 saturated heterocycles. The molecule has 3 rings (SSSR count). The van der Waals surface area contributed by atoms with Crippen LogP contribution in [0.5, 0.6) is 5.75 Å². The van der Waals surface area contributed by atoms with Crippen molar-refractivity contribution < 1.29 is 18.4 Å². The van der Waals surface area contributed by atoms with Gasteiger partial charge in [-0.1, -0.05) is 0 Å².